The summed E-state index contributed by atoms with van der Waals surface area (Å²) in [5.74, 6) is 4.69. The van der Waals surface area contributed by atoms with E-state index in [1.54, 1.807) is 69.7 Å². The molecule has 0 radical (unpaired) electrons. The van der Waals surface area contributed by atoms with E-state index in [9.17, 15) is 19.2 Å². The van der Waals surface area contributed by atoms with Crippen molar-refractivity contribution in [2.24, 2.45) is 0 Å². The highest BCUT2D eigenvalue weighted by Gasteiger charge is 2.27. The van der Waals surface area contributed by atoms with Crippen LogP contribution in [0.5, 0.6) is 34.6 Å². The van der Waals surface area contributed by atoms with Crippen LogP contribution in [-0.4, -0.2) is 186 Å². The number of carbonyl (C=O) groups excluding carboxylic acids is 4. The molecule has 6 aromatic heterocycles. The second kappa shape index (κ2) is 40.7. The van der Waals surface area contributed by atoms with Crippen molar-refractivity contribution < 1.29 is 52.3 Å². The van der Waals surface area contributed by atoms with Gasteiger partial charge in [0.2, 0.25) is 11.8 Å². The van der Waals surface area contributed by atoms with Crippen LogP contribution in [0.25, 0.3) is 11.1 Å². The minimum Gasteiger partial charge on any atom is -0.490 e. The number of aromatic nitrogens is 11. The molecule has 0 atom stereocenters. The number of ether oxygens (including phenoxy) is 7. The summed E-state index contributed by atoms with van der Waals surface area (Å²) in [6, 6.07) is 43.1. The lowest BCUT2D eigenvalue weighted by Crippen LogP contribution is -2.37. The summed E-state index contributed by atoms with van der Waals surface area (Å²) in [5.41, 5.74) is 17.1. The van der Waals surface area contributed by atoms with Crippen molar-refractivity contribution in [3.05, 3.63) is 247 Å². The summed E-state index contributed by atoms with van der Waals surface area (Å²) in [6.45, 7) is 16.3. The van der Waals surface area contributed by atoms with Gasteiger partial charge in [-0.15, -0.1) is 0 Å². The molecule has 32 nitrogen and oxygen atoms in total. The Hall–Kier alpha value is -14.2. The number of anilines is 7. The molecule has 5 aliphatic heterocycles. The monoisotopic (exact) mass is 1600 g/mol. The van der Waals surface area contributed by atoms with Crippen LogP contribution < -0.4 is 78.7 Å². The third-order valence-electron chi connectivity index (χ3n) is 19.8. The van der Waals surface area contributed by atoms with Crippen LogP contribution in [0.15, 0.2) is 202 Å². The van der Waals surface area contributed by atoms with E-state index in [2.05, 4.69) is 107 Å². The summed E-state index contributed by atoms with van der Waals surface area (Å²) < 4.78 is 38.8. The lowest BCUT2D eigenvalue weighted by Gasteiger charge is -2.32. The number of benzene rings is 6. The highest BCUT2D eigenvalue weighted by Crippen LogP contribution is 2.41. The summed E-state index contributed by atoms with van der Waals surface area (Å²) in [6.07, 6.45) is 20.0. The minimum absolute atomic E-state index is 0.00986. The van der Waals surface area contributed by atoms with Gasteiger partial charge in [-0.05, 0) is 115 Å². The number of amides is 5. The fourth-order valence-electron chi connectivity index (χ4n) is 13.7. The van der Waals surface area contributed by atoms with Crippen molar-refractivity contribution in [3.63, 3.8) is 0 Å². The molecule has 0 spiro atoms. The Morgan fingerprint density at radius 1 is 0.432 bits per heavy atom. The molecule has 0 saturated heterocycles. The third-order valence-corrected chi connectivity index (χ3v) is 19.8. The quantitative estimate of drug-likeness (QED) is 0.0292. The van der Waals surface area contributed by atoms with E-state index in [4.69, 9.17) is 33.2 Å². The van der Waals surface area contributed by atoms with Crippen molar-refractivity contribution in [1.29, 1.82) is 0 Å². The lowest BCUT2D eigenvalue weighted by atomic mass is 10.1. The van der Waals surface area contributed by atoms with Gasteiger partial charge >= 0.3 is 18.0 Å². The zero-order chi connectivity index (χ0) is 82.0. The first-order valence-corrected chi connectivity index (χ1v) is 39.1. The van der Waals surface area contributed by atoms with Crippen LogP contribution in [0.3, 0.4) is 0 Å². The second-order valence-electron chi connectivity index (χ2n) is 27.8. The summed E-state index contributed by atoms with van der Waals surface area (Å²) in [7, 11) is 6.73. The minimum atomic E-state index is -0.209. The van der Waals surface area contributed by atoms with E-state index >= 15 is 0 Å². The highest BCUT2D eigenvalue weighted by atomic mass is 16.5. The molecule has 17 rings (SSSR count). The number of imidazole rings is 5. The summed E-state index contributed by atoms with van der Waals surface area (Å²) >= 11 is 0. The van der Waals surface area contributed by atoms with Gasteiger partial charge in [-0.25, -0.2) is 39.5 Å². The third kappa shape index (κ3) is 22.0. The molecular formula is C86H99N21O11. The van der Waals surface area contributed by atoms with Crippen molar-refractivity contribution in [1.82, 2.24) is 70.8 Å². The number of pyridine rings is 1. The van der Waals surface area contributed by atoms with E-state index in [1.165, 1.54) is 0 Å². The molecule has 0 aliphatic carbocycles. The first-order chi connectivity index (χ1) is 57.7. The molecule has 32 heteroatoms. The predicted octanol–water partition coefficient (Wildman–Crippen LogP) is 11.0. The molecule has 6 aromatic carbocycles. The van der Waals surface area contributed by atoms with Crippen molar-refractivity contribution in [3.8, 4) is 45.8 Å². The van der Waals surface area contributed by atoms with Gasteiger partial charge in [0, 0.05) is 94.4 Å². The predicted molar refractivity (Wildman–Crippen MR) is 450 cm³/mol. The van der Waals surface area contributed by atoms with Gasteiger partial charge in [-0.3, -0.25) is 19.4 Å². The standard InChI is InChI=1S/C21H22N4O2.C18H18N4O2.C16H21N5O2.C16H19N3O3.C15H19N5O2/c26-21(23-12-16-4-2-1-3-5-16)11-17-6-7-20-19(10-17)25(8-9-27-20)14-18-13-22-15-24-18;1-23-18-5-3-14(9-20-18)13-2-4-17-16(8-13)22(6-7-24-17)11-15-10-19-12-21-15;1-3-18-16(22)20(2)13-4-5-15-14(8-13)21(6-7-23-15)10-12-9-17-11-19-12;1-2-21-16(20)8-12-3-4-15-14(7-12)19(5-6-22-15)10-13-9-17-11-18-13;1-16-15(21)19(2)12-3-4-14-13(7-12)20(5-6-22-14)9-11-8-17-10-18-11/h1-7,10,13,15H,8-9,11-12,14H2,(H,22,24)(H,23,26);2-5,8-10,12H,6-7,11H2,1H3,(H,19,21);4-5,8-9,11H,3,6-7,10H2,1-2H3,(H,17,19)(H,18,22);3-4,7,9,11H,2,5-6,8,10H2,1H3,(H,17,18);3-4,7-8,10H,5-6,9H2,1-2H3,(H,16,21)(H,17,18). The maximum atomic E-state index is 12.3. The van der Waals surface area contributed by atoms with Crippen LogP contribution in [0.4, 0.5) is 49.4 Å². The molecular weight excluding hydrogens is 1500 g/mol. The fourth-order valence-corrected chi connectivity index (χ4v) is 13.7. The van der Waals surface area contributed by atoms with Gasteiger partial charge in [0.05, 0.1) is 181 Å². The molecule has 0 bridgehead atoms. The average Bonchev–Trinajstić information content (AvgIpc) is 1.85. The molecule has 5 aliphatic rings. The number of rotatable bonds is 22. The number of fused-ring (bicyclic) bond motifs is 5. The molecule has 0 saturated carbocycles. The van der Waals surface area contributed by atoms with Crippen LogP contribution in [0, 0.1) is 0 Å². The molecule has 0 unspecified atom stereocenters. The second-order valence-corrected chi connectivity index (χ2v) is 27.8. The normalized spacial score (nSPS) is 13.2. The van der Waals surface area contributed by atoms with E-state index in [0.29, 0.717) is 65.0 Å². The molecule has 0 fully saturated rings. The number of aromatic amines is 5. The number of hydrogen-bond donors (Lipinski definition) is 8. The van der Waals surface area contributed by atoms with Gasteiger partial charge < -0.3 is 98.5 Å². The first-order valence-electron chi connectivity index (χ1n) is 39.1. The SMILES string of the molecule is CCNC(=O)N(C)c1ccc2c(c1)N(Cc1cnc[nH]1)CCO2.CCOC(=O)Cc1ccc2c(c1)N(Cc1cnc[nH]1)CCO2.CNC(=O)N(C)c1ccc2c(c1)N(Cc1cnc[nH]1)CCO2.COc1ccc(-c2ccc3c(c2)N(Cc2cnc[nH]2)CCO3)cn1.O=C(Cc1ccc2c(c1)N(Cc1cnc[nH]1)CCO2)NCc1ccccc1. The van der Waals surface area contributed by atoms with Crippen LogP contribution >= 0.6 is 0 Å². The van der Waals surface area contributed by atoms with Crippen LogP contribution in [-0.2, 0) is 66.4 Å². The molecule has 118 heavy (non-hydrogen) atoms. The Bertz CT molecular complexity index is 5160. The molecule has 8 N–H and O–H groups in total. The van der Waals surface area contributed by atoms with Gasteiger partial charge in [0.25, 0.3) is 0 Å². The van der Waals surface area contributed by atoms with Crippen molar-refractivity contribution in [2.45, 2.75) is 66.0 Å². The zero-order valence-electron chi connectivity index (χ0n) is 67.0. The number of methoxy groups -OCH3 is 1. The summed E-state index contributed by atoms with van der Waals surface area (Å²) in [5, 5.41) is 8.40. The zero-order valence-corrected chi connectivity index (χ0v) is 67.0. The maximum Gasteiger partial charge on any atom is 0.321 e. The van der Waals surface area contributed by atoms with Gasteiger partial charge in [-0.1, -0.05) is 48.5 Å². The highest BCUT2D eigenvalue weighted by molar-refractivity contribution is 5.93. The maximum absolute atomic E-state index is 12.3. The largest absolute Gasteiger partial charge is 0.490 e. The Labute approximate surface area is 684 Å². The van der Waals surface area contributed by atoms with E-state index in [1.807, 2.05) is 172 Å². The molecule has 11 heterocycles. The van der Waals surface area contributed by atoms with Gasteiger partial charge in [0.1, 0.15) is 61.8 Å². The Morgan fingerprint density at radius 3 is 1.20 bits per heavy atom. The Balaban J connectivity index is 0.000000128. The molecule has 614 valence electrons. The van der Waals surface area contributed by atoms with Crippen LogP contribution in [0.1, 0.15) is 59.0 Å². The Kier molecular flexibility index (Phi) is 28.2. The molecule has 12 aromatic rings. The summed E-state index contributed by atoms with van der Waals surface area (Å²) in [4.78, 5) is 102. The first kappa shape index (κ1) is 81.8. The topological polar surface area (TPSA) is 348 Å². The van der Waals surface area contributed by atoms with Crippen molar-refractivity contribution >= 4 is 63.8 Å². The number of nitrogens with zero attached hydrogens (tertiary/aromatic N) is 13. The van der Waals surface area contributed by atoms with Gasteiger partial charge in [0.15, 0.2) is 0 Å². The average molecular weight is 1600 g/mol. The number of hydrogen-bond acceptors (Lipinski definition) is 22. The van der Waals surface area contributed by atoms with E-state index < -0.39 is 0 Å². The van der Waals surface area contributed by atoms with Gasteiger partial charge in [-0.2, -0.15) is 0 Å². The van der Waals surface area contributed by atoms with E-state index in [-0.39, 0.29) is 30.4 Å². The number of nitrogens with one attached hydrogen (secondary N) is 8. The van der Waals surface area contributed by atoms with Crippen molar-refractivity contribution in [2.75, 3.05) is 141 Å². The van der Waals surface area contributed by atoms with Crippen LogP contribution in [0.2, 0.25) is 0 Å². The smallest absolute Gasteiger partial charge is 0.321 e. The Morgan fingerprint density at radius 2 is 0.822 bits per heavy atom. The number of H-pyrrole nitrogens is 5. The van der Waals surface area contributed by atoms with E-state index in [0.717, 1.165) is 190 Å². The fraction of sp³-hybridized carbons (Fsp3) is 0.302. The molecule has 5 amide bonds. The number of urea groups is 2. The number of carbonyl (C=O) groups is 4. The number of esters is 1. The lowest BCUT2D eigenvalue weighted by molar-refractivity contribution is -0.142.